The zero-order valence-corrected chi connectivity index (χ0v) is 13.0. The van der Waals surface area contributed by atoms with Crippen LogP contribution in [0.3, 0.4) is 0 Å². The number of aromatic amines is 1. The molecule has 0 spiro atoms. The summed E-state index contributed by atoms with van der Waals surface area (Å²) in [6.07, 6.45) is 3.18. The summed E-state index contributed by atoms with van der Waals surface area (Å²) in [5.74, 6) is 0.362. The quantitative estimate of drug-likeness (QED) is 0.724. The van der Waals surface area contributed by atoms with E-state index in [1.165, 1.54) is 6.20 Å². The molecule has 2 aromatic heterocycles. The van der Waals surface area contributed by atoms with E-state index >= 15 is 0 Å². The first-order chi connectivity index (χ1) is 11.2. The molecule has 6 heteroatoms. The first kappa shape index (κ1) is 15.1. The van der Waals surface area contributed by atoms with E-state index in [1.54, 1.807) is 6.20 Å². The van der Waals surface area contributed by atoms with Crippen molar-refractivity contribution in [2.45, 2.75) is 6.54 Å². The third-order valence-electron chi connectivity index (χ3n) is 3.25. The lowest BCUT2D eigenvalue weighted by Gasteiger charge is -2.06. The summed E-state index contributed by atoms with van der Waals surface area (Å²) in [6.45, 7) is 0.342. The van der Waals surface area contributed by atoms with Crippen molar-refractivity contribution in [1.29, 1.82) is 0 Å². The average Bonchev–Trinajstić information content (AvgIpc) is 2.61. The van der Waals surface area contributed by atoms with Crippen LogP contribution >= 0.6 is 12.2 Å². The molecule has 2 heterocycles. The minimum Gasteiger partial charge on any atom is -0.346 e. The summed E-state index contributed by atoms with van der Waals surface area (Å²) in [6, 6.07) is 15.2. The second-order valence-electron chi connectivity index (χ2n) is 4.84. The monoisotopic (exact) mass is 322 g/mol. The molecule has 0 unspecified atom stereocenters. The maximum Gasteiger partial charge on any atom is 0.256 e. The van der Waals surface area contributed by atoms with Crippen LogP contribution in [0.15, 0.2) is 60.9 Å². The standard InChI is InChI=1S/C17H14N4OS/c22-16(20-10-13-8-4-5-9-18-13)14-11-19-15(21-17(14)23)12-6-2-1-3-7-12/h1-9,11H,10H2,(H,20,22)(H,19,21,23). The van der Waals surface area contributed by atoms with E-state index in [2.05, 4.69) is 20.3 Å². The fourth-order valence-corrected chi connectivity index (χ4v) is 2.31. The lowest BCUT2D eigenvalue weighted by atomic mass is 10.2. The van der Waals surface area contributed by atoms with Gasteiger partial charge in [-0.1, -0.05) is 48.6 Å². The number of carbonyl (C=O) groups excluding carboxylic acids is 1. The van der Waals surface area contributed by atoms with Crippen LogP contribution in [0.2, 0.25) is 0 Å². The lowest BCUT2D eigenvalue weighted by molar-refractivity contribution is 0.0949. The normalized spacial score (nSPS) is 10.3. The van der Waals surface area contributed by atoms with Crippen molar-refractivity contribution in [2.24, 2.45) is 0 Å². The first-order valence-electron chi connectivity index (χ1n) is 7.07. The summed E-state index contributed by atoms with van der Waals surface area (Å²) < 4.78 is 0.359. The van der Waals surface area contributed by atoms with Gasteiger partial charge in [-0.25, -0.2) is 4.98 Å². The van der Waals surface area contributed by atoms with Gasteiger partial charge in [-0.3, -0.25) is 9.78 Å². The van der Waals surface area contributed by atoms with Crippen LogP contribution in [-0.4, -0.2) is 20.9 Å². The number of hydrogen-bond acceptors (Lipinski definition) is 4. The first-order valence-corrected chi connectivity index (χ1v) is 7.48. The maximum atomic E-state index is 12.2. The van der Waals surface area contributed by atoms with Crippen LogP contribution in [-0.2, 0) is 6.54 Å². The fraction of sp³-hybridized carbons (Fsp3) is 0.0588. The highest BCUT2D eigenvalue weighted by molar-refractivity contribution is 7.71. The Morgan fingerprint density at radius 3 is 2.57 bits per heavy atom. The van der Waals surface area contributed by atoms with Crippen molar-refractivity contribution in [2.75, 3.05) is 0 Å². The van der Waals surface area contributed by atoms with E-state index in [0.717, 1.165) is 11.3 Å². The predicted molar refractivity (Wildman–Crippen MR) is 90.3 cm³/mol. The van der Waals surface area contributed by atoms with Crippen molar-refractivity contribution >= 4 is 18.1 Å². The molecule has 0 bridgehead atoms. The molecule has 3 rings (SSSR count). The lowest BCUT2D eigenvalue weighted by Crippen LogP contribution is -2.24. The third kappa shape index (κ3) is 3.67. The Kier molecular flexibility index (Phi) is 4.54. The van der Waals surface area contributed by atoms with Crippen molar-refractivity contribution < 1.29 is 4.79 Å². The van der Waals surface area contributed by atoms with Crippen LogP contribution in [0.1, 0.15) is 16.1 Å². The number of amides is 1. The van der Waals surface area contributed by atoms with E-state index < -0.39 is 0 Å². The smallest absolute Gasteiger partial charge is 0.256 e. The number of nitrogens with zero attached hydrogens (tertiary/aromatic N) is 2. The van der Waals surface area contributed by atoms with Crippen LogP contribution < -0.4 is 5.32 Å². The Balaban J connectivity index is 1.75. The number of nitrogens with one attached hydrogen (secondary N) is 2. The minimum absolute atomic E-state index is 0.274. The number of hydrogen-bond donors (Lipinski definition) is 2. The van der Waals surface area contributed by atoms with Gasteiger partial charge in [0.2, 0.25) is 0 Å². The van der Waals surface area contributed by atoms with Gasteiger partial charge in [0, 0.05) is 18.0 Å². The molecule has 5 nitrogen and oxygen atoms in total. The highest BCUT2D eigenvalue weighted by Gasteiger charge is 2.10. The Labute approximate surface area is 138 Å². The van der Waals surface area contributed by atoms with Gasteiger partial charge in [0.1, 0.15) is 10.5 Å². The van der Waals surface area contributed by atoms with Crippen LogP contribution in [0.25, 0.3) is 11.4 Å². The van der Waals surface area contributed by atoms with Gasteiger partial charge < -0.3 is 10.3 Å². The topological polar surface area (TPSA) is 70.7 Å². The molecule has 0 saturated carbocycles. The van der Waals surface area contributed by atoms with E-state index in [0.29, 0.717) is 22.6 Å². The van der Waals surface area contributed by atoms with E-state index in [4.69, 9.17) is 12.2 Å². The maximum absolute atomic E-state index is 12.2. The highest BCUT2D eigenvalue weighted by Crippen LogP contribution is 2.14. The molecule has 114 valence electrons. The zero-order chi connectivity index (χ0) is 16.1. The Morgan fingerprint density at radius 2 is 1.87 bits per heavy atom. The summed E-state index contributed by atoms with van der Waals surface area (Å²) in [5, 5.41) is 2.79. The Hall–Kier alpha value is -2.86. The number of benzene rings is 1. The molecule has 0 radical (unpaired) electrons. The predicted octanol–water partition coefficient (Wildman–Crippen LogP) is 3.13. The second kappa shape index (κ2) is 6.93. The fourth-order valence-electron chi connectivity index (χ4n) is 2.07. The van der Waals surface area contributed by atoms with Gasteiger partial charge in [-0.05, 0) is 12.1 Å². The number of H-pyrrole nitrogens is 1. The summed E-state index contributed by atoms with van der Waals surface area (Å²) in [5.41, 5.74) is 2.04. The van der Waals surface area contributed by atoms with Crippen LogP contribution in [0.4, 0.5) is 0 Å². The number of carbonyl (C=O) groups is 1. The largest absolute Gasteiger partial charge is 0.346 e. The highest BCUT2D eigenvalue weighted by atomic mass is 32.1. The molecule has 3 aromatic rings. The van der Waals surface area contributed by atoms with Gasteiger partial charge >= 0.3 is 0 Å². The molecule has 23 heavy (non-hydrogen) atoms. The van der Waals surface area contributed by atoms with Gasteiger partial charge in [-0.15, -0.1) is 0 Å². The summed E-state index contributed by atoms with van der Waals surface area (Å²) in [7, 11) is 0. The molecule has 1 amide bonds. The minimum atomic E-state index is -0.274. The van der Waals surface area contributed by atoms with Crippen LogP contribution in [0.5, 0.6) is 0 Å². The van der Waals surface area contributed by atoms with Crippen molar-refractivity contribution in [3.8, 4) is 11.4 Å². The zero-order valence-electron chi connectivity index (χ0n) is 12.2. The molecule has 2 N–H and O–H groups in total. The molecule has 1 aromatic carbocycles. The number of rotatable bonds is 4. The van der Waals surface area contributed by atoms with Crippen molar-refractivity contribution in [1.82, 2.24) is 20.3 Å². The van der Waals surface area contributed by atoms with Gasteiger partial charge in [0.25, 0.3) is 5.91 Å². The Morgan fingerprint density at radius 1 is 1.09 bits per heavy atom. The summed E-state index contributed by atoms with van der Waals surface area (Å²) >= 11 is 5.27. The van der Waals surface area contributed by atoms with Gasteiger partial charge in [-0.2, -0.15) is 0 Å². The molecular formula is C17H14N4OS. The van der Waals surface area contributed by atoms with Crippen molar-refractivity contribution in [3.05, 3.63) is 76.8 Å². The molecule has 0 aliphatic carbocycles. The second-order valence-corrected chi connectivity index (χ2v) is 5.25. The molecule has 0 saturated heterocycles. The third-order valence-corrected chi connectivity index (χ3v) is 3.57. The molecular weight excluding hydrogens is 308 g/mol. The van der Waals surface area contributed by atoms with Gasteiger partial charge in [0.15, 0.2) is 0 Å². The molecule has 0 fully saturated rings. The van der Waals surface area contributed by atoms with Crippen LogP contribution in [0, 0.1) is 4.64 Å². The Bertz CT molecular complexity index is 863. The van der Waals surface area contributed by atoms with Gasteiger partial charge in [0.05, 0.1) is 17.8 Å². The number of pyridine rings is 1. The van der Waals surface area contributed by atoms with E-state index in [-0.39, 0.29) is 5.91 Å². The SMILES string of the molecule is O=C(NCc1ccccn1)c1cnc(-c2ccccc2)[nH]c1=S. The molecule has 0 aliphatic rings. The van der Waals surface area contributed by atoms with E-state index in [1.807, 2.05) is 48.5 Å². The molecule has 0 atom stereocenters. The van der Waals surface area contributed by atoms with Crippen molar-refractivity contribution in [3.63, 3.8) is 0 Å². The van der Waals surface area contributed by atoms with E-state index in [9.17, 15) is 4.79 Å². The number of aromatic nitrogens is 3. The molecule has 0 aliphatic heterocycles. The average molecular weight is 322 g/mol. The summed E-state index contributed by atoms with van der Waals surface area (Å²) in [4.78, 5) is 23.7.